The van der Waals surface area contributed by atoms with Crippen molar-refractivity contribution >= 4 is 28.3 Å². The maximum absolute atomic E-state index is 12.9. The highest BCUT2D eigenvalue weighted by atomic mass is 16.6. The maximum atomic E-state index is 12.9. The van der Waals surface area contributed by atoms with Crippen LogP contribution in [-0.2, 0) is 4.74 Å². The lowest BCUT2D eigenvalue weighted by atomic mass is 9.93. The van der Waals surface area contributed by atoms with Crippen LogP contribution >= 0.6 is 0 Å². The van der Waals surface area contributed by atoms with E-state index in [0.717, 1.165) is 19.6 Å². The lowest BCUT2D eigenvalue weighted by molar-refractivity contribution is -0.384. The Bertz CT molecular complexity index is 936. The van der Waals surface area contributed by atoms with Crippen molar-refractivity contribution in [2.45, 2.75) is 6.42 Å². The Labute approximate surface area is 155 Å². The molecule has 8 heteroatoms. The standard InChI is InChI=1S/C19H19N3O5/c23-18-15-4-1-3-13-11-14(22(25)26)12-16(17(13)15)19(24)21(18)6-2-5-20-7-9-27-10-8-20/h1,3-4,11-12H,2,5-10H2. The summed E-state index contributed by atoms with van der Waals surface area (Å²) in [6.45, 7) is 4.13. The van der Waals surface area contributed by atoms with Crippen LogP contribution in [0.15, 0.2) is 30.3 Å². The number of carbonyl (C=O) groups excluding carboxylic acids is 2. The van der Waals surface area contributed by atoms with Crippen LogP contribution in [0.5, 0.6) is 0 Å². The number of rotatable bonds is 5. The van der Waals surface area contributed by atoms with Gasteiger partial charge in [0.05, 0.1) is 23.7 Å². The lowest BCUT2D eigenvalue weighted by Crippen LogP contribution is -2.43. The van der Waals surface area contributed by atoms with E-state index in [1.54, 1.807) is 18.2 Å². The van der Waals surface area contributed by atoms with E-state index in [4.69, 9.17) is 4.74 Å². The summed E-state index contributed by atoms with van der Waals surface area (Å²) in [7, 11) is 0. The fraction of sp³-hybridized carbons (Fsp3) is 0.368. The number of amides is 2. The number of nitro benzene ring substituents is 1. The summed E-state index contributed by atoms with van der Waals surface area (Å²) in [6, 6.07) is 7.71. The number of hydrogen-bond donors (Lipinski definition) is 0. The van der Waals surface area contributed by atoms with Gasteiger partial charge in [0.25, 0.3) is 17.5 Å². The molecule has 140 valence electrons. The predicted octanol–water partition coefficient (Wildman–Crippen LogP) is 2.07. The first-order chi connectivity index (χ1) is 13.1. The van der Waals surface area contributed by atoms with Crippen LogP contribution in [0.25, 0.3) is 10.8 Å². The van der Waals surface area contributed by atoms with E-state index in [9.17, 15) is 19.7 Å². The molecule has 0 bridgehead atoms. The number of imide groups is 1. The van der Waals surface area contributed by atoms with Gasteiger partial charge in [-0.2, -0.15) is 0 Å². The van der Waals surface area contributed by atoms with E-state index >= 15 is 0 Å². The van der Waals surface area contributed by atoms with Crippen LogP contribution in [0, 0.1) is 10.1 Å². The summed E-state index contributed by atoms with van der Waals surface area (Å²) in [5.41, 5.74) is 0.495. The maximum Gasteiger partial charge on any atom is 0.270 e. The van der Waals surface area contributed by atoms with Gasteiger partial charge in [-0.15, -0.1) is 0 Å². The third kappa shape index (κ3) is 3.17. The molecular formula is C19H19N3O5. The molecule has 2 amide bonds. The van der Waals surface area contributed by atoms with E-state index in [2.05, 4.69) is 4.90 Å². The van der Waals surface area contributed by atoms with Crippen molar-refractivity contribution in [3.05, 3.63) is 51.6 Å². The van der Waals surface area contributed by atoms with Crippen LogP contribution < -0.4 is 0 Å². The van der Waals surface area contributed by atoms with Crippen LogP contribution in [-0.4, -0.2) is 65.9 Å². The predicted molar refractivity (Wildman–Crippen MR) is 97.8 cm³/mol. The van der Waals surface area contributed by atoms with Crippen molar-refractivity contribution in [2.75, 3.05) is 39.4 Å². The van der Waals surface area contributed by atoms with Crippen molar-refractivity contribution in [2.24, 2.45) is 0 Å². The minimum absolute atomic E-state index is 0.148. The molecule has 0 aliphatic carbocycles. The fourth-order valence-corrected chi connectivity index (χ4v) is 3.73. The van der Waals surface area contributed by atoms with Gasteiger partial charge in [0.2, 0.25) is 0 Å². The molecule has 4 rings (SSSR count). The van der Waals surface area contributed by atoms with Gasteiger partial charge in [0.15, 0.2) is 0 Å². The molecule has 0 atom stereocenters. The summed E-state index contributed by atoms with van der Waals surface area (Å²) in [6.07, 6.45) is 0.651. The molecule has 0 saturated carbocycles. The minimum atomic E-state index is -0.519. The Morgan fingerprint density at radius 1 is 1.04 bits per heavy atom. The van der Waals surface area contributed by atoms with Crippen molar-refractivity contribution in [1.82, 2.24) is 9.80 Å². The smallest absolute Gasteiger partial charge is 0.270 e. The molecule has 0 aromatic heterocycles. The molecule has 2 aromatic rings. The zero-order chi connectivity index (χ0) is 19.0. The summed E-state index contributed by atoms with van der Waals surface area (Å²) in [4.78, 5) is 39.9. The number of benzene rings is 2. The number of non-ortho nitro benzene ring substituents is 1. The number of ether oxygens (including phenoxy) is 1. The van der Waals surface area contributed by atoms with Gasteiger partial charge in [0.1, 0.15) is 0 Å². The normalized spacial score (nSPS) is 17.6. The highest BCUT2D eigenvalue weighted by Gasteiger charge is 2.34. The third-order valence-corrected chi connectivity index (χ3v) is 5.08. The molecule has 0 radical (unpaired) electrons. The third-order valence-electron chi connectivity index (χ3n) is 5.08. The average molecular weight is 369 g/mol. The Hall–Kier alpha value is -2.84. The second-order valence-electron chi connectivity index (χ2n) is 6.72. The largest absolute Gasteiger partial charge is 0.379 e. The number of nitro groups is 1. The molecule has 2 aromatic carbocycles. The second-order valence-corrected chi connectivity index (χ2v) is 6.72. The lowest BCUT2D eigenvalue weighted by Gasteiger charge is -2.29. The van der Waals surface area contributed by atoms with Gasteiger partial charge in [-0.25, -0.2) is 0 Å². The van der Waals surface area contributed by atoms with Crippen LogP contribution in [0.1, 0.15) is 27.1 Å². The van der Waals surface area contributed by atoms with E-state index in [-0.39, 0.29) is 23.7 Å². The van der Waals surface area contributed by atoms with Gasteiger partial charge in [-0.1, -0.05) is 12.1 Å². The van der Waals surface area contributed by atoms with Gasteiger partial charge < -0.3 is 4.74 Å². The first-order valence-corrected chi connectivity index (χ1v) is 8.94. The molecule has 2 aliphatic rings. The average Bonchev–Trinajstić information content (AvgIpc) is 2.69. The molecule has 0 spiro atoms. The Balaban J connectivity index is 1.61. The number of hydrogen-bond acceptors (Lipinski definition) is 6. The van der Waals surface area contributed by atoms with Gasteiger partial charge in [0, 0.05) is 49.3 Å². The molecule has 0 N–H and O–H groups in total. The number of morpholine rings is 1. The first kappa shape index (κ1) is 17.6. The summed E-state index contributed by atoms with van der Waals surface area (Å²) in [5, 5.41) is 12.2. The van der Waals surface area contributed by atoms with E-state index in [1.807, 2.05) is 0 Å². The second kappa shape index (κ2) is 7.05. The molecule has 2 aliphatic heterocycles. The number of nitrogens with zero attached hydrogens (tertiary/aromatic N) is 3. The topological polar surface area (TPSA) is 93.0 Å². The molecule has 1 fully saturated rings. The van der Waals surface area contributed by atoms with E-state index in [0.29, 0.717) is 36.0 Å². The zero-order valence-corrected chi connectivity index (χ0v) is 14.7. The molecule has 27 heavy (non-hydrogen) atoms. The van der Waals surface area contributed by atoms with E-state index in [1.165, 1.54) is 17.0 Å². The molecule has 1 saturated heterocycles. The highest BCUT2D eigenvalue weighted by Crippen LogP contribution is 2.33. The first-order valence-electron chi connectivity index (χ1n) is 8.94. The van der Waals surface area contributed by atoms with Crippen molar-refractivity contribution in [1.29, 1.82) is 0 Å². The highest BCUT2D eigenvalue weighted by molar-refractivity contribution is 6.25. The summed E-state index contributed by atoms with van der Waals surface area (Å²) in [5.74, 6) is -0.802. The van der Waals surface area contributed by atoms with Crippen molar-refractivity contribution in [3.63, 3.8) is 0 Å². The fourth-order valence-electron chi connectivity index (χ4n) is 3.73. The Morgan fingerprint density at radius 2 is 1.78 bits per heavy atom. The number of carbonyl (C=O) groups is 2. The van der Waals surface area contributed by atoms with Crippen LogP contribution in [0.3, 0.4) is 0 Å². The summed E-state index contributed by atoms with van der Waals surface area (Å²) < 4.78 is 5.32. The van der Waals surface area contributed by atoms with Gasteiger partial charge >= 0.3 is 0 Å². The van der Waals surface area contributed by atoms with E-state index < -0.39 is 10.8 Å². The molecule has 2 heterocycles. The van der Waals surface area contributed by atoms with Crippen LogP contribution in [0.2, 0.25) is 0 Å². The summed E-state index contributed by atoms with van der Waals surface area (Å²) >= 11 is 0. The Kier molecular flexibility index (Phi) is 4.59. The van der Waals surface area contributed by atoms with Gasteiger partial charge in [-0.3, -0.25) is 29.5 Å². The van der Waals surface area contributed by atoms with Crippen LogP contribution in [0.4, 0.5) is 5.69 Å². The van der Waals surface area contributed by atoms with Gasteiger partial charge in [-0.05, 0) is 17.9 Å². The molecule has 0 unspecified atom stereocenters. The quantitative estimate of drug-likeness (QED) is 0.455. The molecular weight excluding hydrogens is 350 g/mol. The SMILES string of the molecule is O=C1c2cccc3cc([N+](=O)[O-])cc(c23)C(=O)N1CCCN1CCOCC1. The zero-order valence-electron chi connectivity index (χ0n) is 14.7. The molecule has 8 nitrogen and oxygen atoms in total. The monoisotopic (exact) mass is 369 g/mol. The van der Waals surface area contributed by atoms with Crippen molar-refractivity contribution in [3.8, 4) is 0 Å². The van der Waals surface area contributed by atoms with Crippen molar-refractivity contribution < 1.29 is 19.2 Å². The Morgan fingerprint density at radius 3 is 2.52 bits per heavy atom. The minimum Gasteiger partial charge on any atom is -0.379 e.